The minimum Gasteiger partial charge on any atom is -0.434 e. The fourth-order valence-electron chi connectivity index (χ4n) is 1.84. The zero-order valence-corrected chi connectivity index (χ0v) is 12.5. The molecule has 0 spiro atoms. The topological polar surface area (TPSA) is 78.7 Å². The van der Waals surface area contributed by atoms with Crippen molar-refractivity contribution in [2.75, 3.05) is 6.61 Å². The van der Waals surface area contributed by atoms with E-state index in [4.69, 9.17) is 9.47 Å². The van der Waals surface area contributed by atoms with Gasteiger partial charge in [-0.2, -0.15) is 0 Å². The largest absolute Gasteiger partial charge is 0.513 e. The molecule has 0 aliphatic rings. The molecule has 1 aromatic rings. The molecule has 0 fully saturated rings. The zero-order chi connectivity index (χ0) is 16.2. The van der Waals surface area contributed by atoms with E-state index in [1.165, 1.54) is 24.3 Å². The van der Waals surface area contributed by atoms with Gasteiger partial charge in [-0.15, -0.1) is 6.58 Å². The number of benzene rings is 1. The Bertz CT molecular complexity index is 484. The maximum absolute atomic E-state index is 11.4. The molecule has 0 aromatic heterocycles. The number of hydrogen-bond donors (Lipinski definition) is 0. The molecule has 1 rings (SSSR count). The van der Waals surface area contributed by atoms with E-state index in [1.54, 1.807) is 0 Å². The Morgan fingerprint density at radius 3 is 2.41 bits per heavy atom. The van der Waals surface area contributed by atoms with Crippen LogP contribution in [0.2, 0.25) is 0 Å². The Kier molecular flexibility index (Phi) is 8.33. The van der Waals surface area contributed by atoms with Crippen LogP contribution in [-0.4, -0.2) is 17.7 Å². The molecule has 120 valence electrons. The van der Waals surface area contributed by atoms with Crippen molar-refractivity contribution in [2.45, 2.75) is 38.5 Å². The van der Waals surface area contributed by atoms with Gasteiger partial charge in [0.2, 0.25) is 0 Å². The molecule has 0 amide bonds. The van der Waals surface area contributed by atoms with Gasteiger partial charge in [-0.3, -0.25) is 10.1 Å². The first kappa shape index (κ1) is 17.7. The van der Waals surface area contributed by atoms with Crippen LogP contribution in [0.5, 0.6) is 5.75 Å². The highest BCUT2D eigenvalue weighted by Gasteiger charge is 2.08. The van der Waals surface area contributed by atoms with E-state index in [0.29, 0.717) is 6.61 Å². The lowest BCUT2D eigenvalue weighted by molar-refractivity contribution is -0.384. The van der Waals surface area contributed by atoms with Gasteiger partial charge in [0.25, 0.3) is 5.69 Å². The average molecular weight is 307 g/mol. The van der Waals surface area contributed by atoms with Gasteiger partial charge < -0.3 is 9.47 Å². The molecule has 0 unspecified atom stereocenters. The number of unbranched alkanes of at least 4 members (excludes halogenated alkanes) is 5. The number of nitro groups is 1. The first-order valence-electron chi connectivity index (χ1n) is 7.33. The number of ether oxygens (including phenoxy) is 2. The van der Waals surface area contributed by atoms with Gasteiger partial charge in [0.05, 0.1) is 11.5 Å². The van der Waals surface area contributed by atoms with E-state index < -0.39 is 11.1 Å². The molecule has 6 nitrogen and oxygen atoms in total. The summed E-state index contributed by atoms with van der Waals surface area (Å²) in [6.07, 6.45) is 7.36. The highest BCUT2D eigenvalue weighted by Crippen LogP contribution is 2.17. The van der Waals surface area contributed by atoms with Crippen molar-refractivity contribution in [3.63, 3.8) is 0 Å². The number of carbonyl (C=O) groups excluding carboxylic acids is 1. The summed E-state index contributed by atoms with van der Waals surface area (Å²) >= 11 is 0. The molecule has 0 radical (unpaired) electrons. The third-order valence-electron chi connectivity index (χ3n) is 3.02. The van der Waals surface area contributed by atoms with Crippen LogP contribution in [0.25, 0.3) is 0 Å². The Balaban J connectivity index is 2.13. The second kappa shape index (κ2) is 10.4. The Hall–Kier alpha value is -2.37. The first-order chi connectivity index (χ1) is 10.6. The predicted octanol–water partition coefficient (Wildman–Crippen LogP) is 4.64. The predicted molar refractivity (Wildman–Crippen MR) is 83.0 cm³/mol. The lowest BCUT2D eigenvalue weighted by Gasteiger charge is -2.05. The zero-order valence-electron chi connectivity index (χ0n) is 12.5. The fourth-order valence-corrected chi connectivity index (χ4v) is 1.84. The summed E-state index contributed by atoms with van der Waals surface area (Å²) in [4.78, 5) is 21.4. The van der Waals surface area contributed by atoms with Gasteiger partial charge >= 0.3 is 6.16 Å². The summed E-state index contributed by atoms with van der Waals surface area (Å²) in [6.45, 7) is 3.98. The quantitative estimate of drug-likeness (QED) is 0.157. The van der Waals surface area contributed by atoms with Crippen molar-refractivity contribution < 1.29 is 19.2 Å². The number of hydrogen-bond acceptors (Lipinski definition) is 5. The van der Waals surface area contributed by atoms with E-state index in [9.17, 15) is 14.9 Å². The van der Waals surface area contributed by atoms with Crippen LogP contribution < -0.4 is 4.74 Å². The van der Waals surface area contributed by atoms with Crippen LogP contribution in [0.1, 0.15) is 38.5 Å². The van der Waals surface area contributed by atoms with Gasteiger partial charge in [-0.05, 0) is 31.4 Å². The lowest BCUT2D eigenvalue weighted by Crippen LogP contribution is -2.11. The highest BCUT2D eigenvalue weighted by atomic mass is 16.7. The van der Waals surface area contributed by atoms with Gasteiger partial charge in [0, 0.05) is 12.1 Å². The van der Waals surface area contributed by atoms with E-state index in [0.717, 1.165) is 38.5 Å². The monoisotopic (exact) mass is 307 g/mol. The second-order valence-electron chi connectivity index (χ2n) is 4.80. The Morgan fingerprint density at radius 2 is 1.77 bits per heavy atom. The molecule has 0 N–H and O–H groups in total. The SMILES string of the molecule is C=CCCCCCCCOC(=O)Oc1ccc([N+](=O)[O-])cc1. The van der Waals surface area contributed by atoms with Crippen LogP contribution in [0, 0.1) is 10.1 Å². The molecule has 0 saturated heterocycles. The molecule has 0 aliphatic carbocycles. The van der Waals surface area contributed by atoms with E-state index in [2.05, 4.69) is 6.58 Å². The molecule has 6 heteroatoms. The summed E-state index contributed by atoms with van der Waals surface area (Å²) in [5, 5.41) is 10.5. The molecule has 0 bridgehead atoms. The molecule has 0 aliphatic heterocycles. The fraction of sp³-hybridized carbons (Fsp3) is 0.438. The van der Waals surface area contributed by atoms with Crippen molar-refractivity contribution in [1.82, 2.24) is 0 Å². The smallest absolute Gasteiger partial charge is 0.434 e. The van der Waals surface area contributed by atoms with Crippen LogP contribution in [0.15, 0.2) is 36.9 Å². The molecule has 1 aromatic carbocycles. The first-order valence-corrected chi connectivity index (χ1v) is 7.33. The van der Waals surface area contributed by atoms with E-state index >= 15 is 0 Å². The van der Waals surface area contributed by atoms with E-state index in [-0.39, 0.29) is 11.4 Å². The minimum atomic E-state index is -0.791. The van der Waals surface area contributed by atoms with Gasteiger partial charge in [0.1, 0.15) is 5.75 Å². The molecule has 22 heavy (non-hydrogen) atoms. The minimum absolute atomic E-state index is 0.0582. The van der Waals surface area contributed by atoms with Crippen LogP contribution in [0.3, 0.4) is 0 Å². The lowest BCUT2D eigenvalue weighted by atomic mass is 10.1. The van der Waals surface area contributed by atoms with Gasteiger partial charge in [-0.25, -0.2) is 4.79 Å². The number of nitrogens with zero attached hydrogens (tertiary/aromatic N) is 1. The maximum atomic E-state index is 11.4. The van der Waals surface area contributed by atoms with Crippen LogP contribution >= 0.6 is 0 Å². The molecule has 0 heterocycles. The van der Waals surface area contributed by atoms with Crippen molar-refractivity contribution in [3.8, 4) is 5.75 Å². The van der Waals surface area contributed by atoms with Crippen LogP contribution in [0.4, 0.5) is 10.5 Å². The average Bonchev–Trinajstić information content (AvgIpc) is 2.50. The third kappa shape index (κ3) is 7.42. The second-order valence-corrected chi connectivity index (χ2v) is 4.80. The molecule has 0 atom stereocenters. The highest BCUT2D eigenvalue weighted by molar-refractivity contribution is 5.63. The number of nitro benzene ring substituents is 1. The summed E-state index contributed by atoms with van der Waals surface area (Å²) < 4.78 is 9.85. The summed E-state index contributed by atoms with van der Waals surface area (Å²) in [5.41, 5.74) is -0.0582. The number of carbonyl (C=O) groups is 1. The number of non-ortho nitro benzene ring substituents is 1. The van der Waals surface area contributed by atoms with Crippen molar-refractivity contribution in [2.24, 2.45) is 0 Å². The molecular formula is C16H21NO5. The standard InChI is InChI=1S/C16H21NO5/c1-2-3-4-5-6-7-8-13-21-16(18)22-15-11-9-14(10-12-15)17(19)20/h2,9-12H,1,3-8,13H2. The normalized spacial score (nSPS) is 10.0. The van der Waals surface area contributed by atoms with Crippen molar-refractivity contribution in [3.05, 3.63) is 47.0 Å². The number of allylic oxidation sites excluding steroid dienone is 1. The van der Waals surface area contributed by atoms with E-state index in [1.807, 2.05) is 6.08 Å². The Labute approximate surface area is 129 Å². The van der Waals surface area contributed by atoms with Crippen molar-refractivity contribution in [1.29, 1.82) is 0 Å². The summed E-state index contributed by atoms with van der Waals surface area (Å²) in [7, 11) is 0. The summed E-state index contributed by atoms with van der Waals surface area (Å²) in [5.74, 6) is 0.222. The number of rotatable bonds is 10. The third-order valence-corrected chi connectivity index (χ3v) is 3.02. The summed E-state index contributed by atoms with van der Waals surface area (Å²) in [6, 6.07) is 5.26. The Morgan fingerprint density at radius 1 is 1.14 bits per heavy atom. The van der Waals surface area contributed by atoms with Gasteiger partial charge in [0.15, 0.2) is 0 Å². The maximum Gasteiger partial charge on any atom is 0.513 e. The van der Waals surface area contributed by atoms with Crippen molar-refractivity contribution >= 4 is 11.8 Å². The van der Waals surface area contributed by atoms with Crippen LogP contribution in [-0.2, 0) is 4.74 Å². The molecular weight excluding hydrogens is 286 g/mol. The van der Waals surface area contributed by atoms with Gasteiger partial charge in [-0.1, -0.05) is 25.3 Å². The molecule has 0 saturated carbocycles.